The van der Waals surface area contributed by atoms with E-state index in [9.17, 15) is 22.0 Å². The van der Waals surface area contributed by atoms with Crippen LogP contribution in [0.1, 0.15) is 23.7 Å². The molecule has 2 aromatic rings. The average Bonchev–Trinajstić information content (AvgIpc) is 2.66. The number of ether oxygens (including phenoxy) is 2. The van der Waals surface area contributed by atoms with E-state index in [0.29, 0.717) is 30.2 Å². The number of hydrazine groups is 1. The highest BCUT2D eigenvalue weighted by Crippen LogP contribution is 2.28. The van der Waals surface area contributed by atoms with Crippen molar-refractivity contribution in [3.8, 4) is 11.5 Å². The maximum Gasteiger partial charge on any atom is 0.266 e. The maximum atomic E-state index is 13.2. The van der Waals surface area contributed by atoms with Gasteiger partial charge in [0, 0.05) is 5.56 Å². The molecule has 7 nitrogen and oxygen atoms in total. The molecule has 0 aliphatic carbocycles. The van der Waals surface area contributed by atoms with Gasteiger partial charge >= 0.3 is 0 Å². The Bertz CT molecular complexity index is 935. The lowest BCUT2D eigenvalue weighted by Gasteiger charge is -2.12. The van der Waals surface area contributed by atoms with Crippen LogP contribution in [0.4, 0.5) is 8.78 Å². The second-order valence-corrected chi connectivity index (χ2v) is 7.03. The Morgan fingerprint density at radius 3 is 2.44 bits per heavy atom. The van der Waals surface area contributed by atoms with Crippen molar-refractivity contribution in [3.05, 3.63) is 53.6 Å². The van der Waals surface area contributed by atoms with E-state index >= 15 is 0 Å². The number of carbonyl (C=O) groups excluding carboxylic acids is 1. The number of sulfonamides is 1. The van der Waals surface area contributed by atoms with Crippen LogP contribution in [-0.2, 0) is 10.0 Å². The quantitative estimate of drug-likeness (QED) is 0.664. The molecule has 0 saturated carbocycles. The summed E-state index contributed by atoms with van der Waals surface area (Å²) < 4.78 is 60.9. The topological polar surface area (TPSA) is 93.7 Å². The molecule has 0 heterocycles. The van der Waals surface area contributed by atoms with Gasteiger partial charge in [-0.25, -0.2) is 17.2 Å². The normalized spacial score (nSPS) is 11.1. The largest absolute Gasteiger partial charge is 0.493 e. The highest BCUT2D eigenvalue weighted by atomic mass is 32.2. The van der Waals surface area contributed by atoms with Gasteiger partial charge in [-0.15, -0.1) is 4.83 Å². The van der Waals surface area contributed by atoms with Crippen molar-refractivity contribution in [2.75, 3.05) is 13.7 Å². The molecular formula is C17H18F2N2O5S. The summed E-state index contributed by atoms with van der Waals surface area (Å²) in [7, 11) is -2.88. The van der Waals surface area contributed by atoms with Crippen molar-refractivity contribution in [1.82, 2.24) is 10.3 Å². The first-order valence-corrected chi connectivity index (χ1v) is 9.35. The zero-order chi connectivity index (χ0) is 20.0. The molecule has 10 heteroatoms. The highest BCUT2D eigenvalue weighted by molar-refractivity contribution is 7.89. The molecule has 0 aliphatic rings. The summed E-state index contributed by atoms with van der Waals surface area (Å²) in [4.78, 5) is 13.4. The van der Waals surface area contributed by atoms with Crippen LogP contribution in [0.15, 0.2) is 41.3 Å². The van der Waals surface area contributed by atoms with E-state index in [1.54, 1.807) is 0 Å². The molecule has 146 valence electrons. The van der Waals surface area contributed by atoms with Crippen molar-refractivity contribution >= 4 is 15.9 Å². The maximum absolute atomic E-state index is 13.2. The molecule has 0 aliphatic heterocycles. The van der Waals surface area contributed by atoms with Gasteiger partial charge in [0.05, 0.1) is 18.6 Å². The van der Waals surface area contributed by atoms with Crippen LogP contribution in [0.2, 0.25) is 0 Å². The fourth-order valence-electron chi connectivity index (χ4n) is 2.03. The molecule has 0 bridgehead atoms. The summed E-state index contributed by atoms with van der Waals surface area (Å²) in [6.07, 6.45) is 0.789. The summed E-state index contributed by atoms with van der Waals surface area (Å²) in [5.74, 6) is -2.54. The summed E-state index contributed by atoms with van der Waals surface area (Å²) in [6, 6.07) is 6.38. The number of methoxy groups -OCH3 is 1. The van der Waals surface area contributed by atoms with Crippen molar-refractivity contribution < 1.29 is 31.5 Å². The highest BCUT2D eigenvalue weighted by Gasteiger charge is 2.18. The third-order valence-electron chi connectivity index (χ3n) is 3.39. The predicted octanol–water partition coefficient (Wildman–Crippen LogP) is 2.39. The van der Waals surface area contributed by atoms with Gasteiger partial charge in [0.1, 0.15) is 0 Å². The minimum absolute atomic E-state index is 0.101. The van der Waals surface area contributed by atoms with Crippen molar-refractivity contribution in [3.63, 3.8) is 0 Å². The lowest BCUT2D eigenvalue weighted by atomic mass is 10.2. The number of amides is 1. The zero-order valence-electron chi connectivity index (χ0n) is 14.6. The van der Waals surface area contributed by atoms with Crippen molar-refractivity contribution in [2.24, 2.45) is 0 Å². The Morgan fingerprint density at radius 2 is 1.81 bits per heavy atom. The van der Waals surface area contributed by atoms with Gasteiger partial charge in [0.25, 0.3) is 15.9 Å². The Hall–Kier alpha value is -2.72. The molecule has 0 aromatic heterocycles. The third-order valence-corrected chi connectivity index (χ3v) is 4.63. The van der Waals surface area contributed by atoms with Gasteiger partial charge in [0.2, 0.25) is 0 Å². The first-order valence-electron chi connectivity index (χ1n) is 7.86. The Morgan fingerprint density at radius 1 is 1.07 bits per heavy atom. The van der Waals surface area contributed by atoms with Crippen molar-refractivity contribution in [1.29, 1.82) is 0 Å². The first-order chi connectivity index (χ1) is 12.8. The van der Waals surface area contributed by atoms with E-state index in [2.05, 4.69) is 0 Å². The number of halogens is 2. The monoisotopic (exact) mass is 400 g/mol. The first kappa shape index (κ1) is 20.6. The Kier molecular flexibility index (Phi) is 6.70. The van der Waals surface area contributed by atoms with Gasteiger partial charge in [-0.1, -0.05) is 6.92 Å². The van der Waals surface area contributed by atoms with Gasteiger partial charge in [0.15, 0.2) is 23.1 Å². The lowest BCUT2D eigenvalue weighted by Crippen LogP contribution is -2.41. The fraction of sp³-hybridized carbons (Fsp3) is 0.235. The van der Waals surface area contributed by atoms with Gasteiger partial charge < -0.3 is 9.47 Å². The minimum Gasteiger partial charge on any atom is -0.493 e. The molecular weight excluding hydrogens is 382 g/mol. The molecule has 0 unspecified atom stereocenters. The zero-order valence-corrected chi connectivity index (χ0v) is 15.4. The van der Waals surface area contributed by atoms with E-state index in [1.165, 1.54) is 25.3 Å². The molecule has 0 spiro atoms. The third kappa shape index (κ3) is 5.14. The van der Waals surface area contributed by atoms with Crippen molar-refractivity contribution in [2.45, 2.75) is 18.2 Å². The van der Waals surface area contributed by atoms with Crippen LogP contribution in [0, 0.1) is 11.6 Å². The summed E-state index contributed by atoms with van der Waals surface area (Å²) >= 11 is 0. The molecule has 0 atom stereocenters. The number of nitrogens with one attached hydrogen (secondary N) is 2. The van der Waals surface area contributed by atoms with Crippen LogP contribution in [0.5, 0.6) is 11.5 Å². The molecule has 0 radical (unpaired) electrons. The fourth-order valence-corrected chi connectivity index (χ4v) is 2.88. The standard InChI is InChI=1S/C17H18F2N2O5S/c1-3-8-26-15-7-4-11(9-16(15)25-2)17(22)20-21-27(23,24)12-5-6-13(18)14(19)10-12/h4-7,9-10,21H,3,8H2,1-2H3,(H,20,22). The second kappa shape index (κ2) is 8.78. The predicted molar refractivity (Wildman–Crippen MR) is 92.9 cm³/mol. The summed E-state index contributed by atoms with van der Waals surface area (Å²) in [5, 5.41) is 0. The molecule has 0 saturated heterocycles. The van der Waals surface area contributed by atoms with Crippen LogP contribution >= 0.6 is 0 Å². The van der Waals surface area contributed by atoms with E-state index in [0.717, 1.165) is 12.5 Å². The minimum atomic E-state index is -4.28. The van der Waals surface area contributed by atoms with Crippen LogP contribution < -0.4 is 19.7 Å². The van der Waals surface area contributed by atoms with E-state index in [1.807, 2.05) is 17.2 Å². The smallest absolute Gasteiger partial charge is 0.266 e. The van der Waals surface area contributed by atoms with E-state index in [-0.39, 0.29) is 5.56 Å². The SMILES string of the molecule is CCCOc1ccc(C(=O)NNS(=O)(=O)c2ccc(F)c(F)c2)cc1OC. The average molecular weight is 400 g/mol. The number of benzene rings is 2. The molecule has 2 N–H and O–H groups in total. The molecule has 27 heavy (non-hydrogen) atoms. The van der Waals surface area contributed by atoms with E-state index in [4.69, 9.17) is 9.47 Å². The number of hydrogen-bond donors (Lipinski definition) is 2. The number of hydrogen-bond acceptors (Lipinski definition) is 5. The van der Waals surface area contributed by atoms with Crippen LogP contribution in [-0.4, -0.2) is 28.0 Å². The Balaban J connectivity index is 2.11. The number of carbonyl (C=O) groups is 1. The van der Waals surface area contributed by atoms with Gasteiger partial charge in [-0.3, -0.25) is 10.2 Å². The molecule has 2 rings (SSSR count). The molecule has 2 aromatic carbocycles. The second-order valence-electron chi connectivity index (χ2n) is 5.35. The number of rotatable bonds is 8. The van der Waals surface area contributed by atoms with Gasteiger partial charge in [-0.2, -0.15) is 0 Å². The Labute approximate surface area is 155 Å². The van der Waals surface area contributed by atoms with Gasteiger partial charge in [-0.05, 0) is 42.8 Å². The van der Waals surface area contributed by atoms with Crippen LogP contribution in [0.25, 0.3) is 0 Å². The summed E-state index contributed by atoms with van der Waals surface area (Å²) in [5.41, 5.74) is 2.10. The molecule has 0 fully saturated rings. The van der Waals surface area contributed by atoms with E-state index < -0.39 is 32.5 Å². The molecule has 1 amide bonds. The summed E-state index contributed by atoms with van der Waals surface area (Å²) in [6.45, 7) is 2.41. The lowest BCUT2D eigenvalue weighted by molar-refractivity contribution is 0.0944. The van der Waals surface area contributed by atoms with Crippen LogP contribution in [0.3, 0.4) is 0 Å².